The minimum Gasteiger partial charge on any atom is -0.306 e. The Labute approximate surface area is 148 Å². The molecule has 0 atom stereocenters. The Balaban J connectivity index is 1.59. The van der Waals surface area contributed by atoms with Crippen LogP contribution in [0.15, 0.2) is 51.4 Å². The monoisotopic (exact) mass is 357 g/mol. The van der Waals surface area contributed by atoms with Crippen molar-refractivity contribution in [2.75, 3.05) is 7.05 Å². The summed E-state index contributed by atoms with van der Waals surface area (Å²) < 4.78 is 3.05. The van der Waals surface area contributed by atoms with Gasteiger partial charge >= 0.3 is 11.1 Å². The summed E-state index contributed by atoms with van der Waals surface area (Å²) in [4.78, 5) is 29.0. The van der Waals surface area contributed by atoms with Crippen LogP contribution in [-0.4, -0.2) is 26.2 Å². The molecule has 25 heavy (non-hydrogen) atoms. The third-order valence-corrected chi connectivity index (χ3v) is 5.52. The molecule has 1 aliphatic heterocycles. The summed E-state index contributed by atoms with van der Waals surface area (Å²) in [6.45, 7) is 0.338. The molecular formula is C17H19N5O2S. The molecule has 1 fully saturated rings. The molecular weight excluding hydrogens is 338 g/mol. The summed E-state index contributed by atoms with van der Waals surface area (Å²) in [6, 6.07) is 0.192. The summed E-state index contributed by atoms with van der Waals surface area (Å²) in [6.07, 6.45) is 12.2. The molecule has 0 saturated heterocycles. The van der Waals surface area contributed by atoms with Gasteiger partial charge in [-0.15, -0.1) is 11.3 Å². The molecule has 0 radical (unpaired) electrons. The Morgan fingerprint density at radius 3 is 2.72 bits per heavy atom. The van der Waals surface area contributed by atoms with E-state index in [-0.39, 0.29) is 6.04 Å². The van der Waals surface area contributed by atoms with Crippen LogP contribution in [0, 0.1) is 0 Å². The Morgan fingerprint density at radius 2 is 2.08 bits per heavy atom. The lowest BCUT2D eigenvalue weighted by atomic mass is 9.93. The van der Waals surface area contributed by atoms with Crippen LogP contribution in [-0.2, 0) is 6.54 Å². The molecule has 1 aliphatic carbocycles. The molecule has 7 nitrogen and oxygen atoms in total. The lowest BCUT2D eigenvalue weighted by Gasteiger charge is -2.29. The molecule has 1 N–H and O–H groups in total. The van der Waals surface area contributed by atoms with E-state index in [0.29, 0.717) is 6.54 Å². The van der Waals surface area contributed by atoms with Gasteiger partial charge in [0.05, 0.1) is 17.9 Å². The fraction of sp³-hybridized carbons (Fsp3) is 0.353. The van der Waals surface area contributed by atoms with Crippen molar-refractivity contribution in [3.63, 3.8) is 0 Å². The van der Waals surface area contributed by atoms with Crippen LogP contribution >= 0.6 is 11.3 Å². The number of likely N-dealkylation sites (N-methyl/N-ethyl adjacent to an activating group) is 1. The summed E-state index contributed by atoms with van der Waals surface area (Å²) in [5.74, 6) is 0. The summed E-state index contributed by atoms with van der Waals surface area (Å²) in [7, 11) is 1.88. The third-order valence-electron chi connectivity index (χ3n) is 4.71. The number of allylic oxidation sites excluding steroid dienone is 3. The van der Waals surface area contributed by atoms with E-state index in [2.05, 4.69) is 10.4 Å². The number of thiazole rings is 1. The highest BCUT2D eigenvalue weighted by Crippen LogP contribution is 2.29. The van der Waals surface area contributed by atoms with Gasteiger partial charge in [0.15, 0.2) is 0 Å². The van der Waals surface area contributed by atoms with Crippen molar-refractivity contribution in [1.29, 1.82) is 0 Å². The minimum absolute atomic E-state index is 0.192. The molecule has 2 aliphatic rings. The van der Waals surface area contributed by atoms with Crippen molar-refractivity contribution in [2.45, 2.75) is 31.8 Å². The minimum atomic E-state index is -0.474. The highest BCUT2D eigenvalue weighted by Gasteiger charge is 2.22. The standard InChI is InChI=1S/C17H19N5O2S/c1-20-13(5-6-14(19-20)15-18-7-10-25-15)11-21-8-9-22(12-3-2-4-12)17(24)16(21)23/h5-10,12,19H,2-4,11H2,1H3. The maximum absolute atomic E-state index is 12.4. The molecule has 130 valence electrons. The highest BCUT2D eigenvalue weighted by atomic mass is 32.1. The molecule has 0 spiro atoms. The zero-order chi connectivity index (χ0) is 17.4. The number of hydrogen-bond acceptors (Lipinski definition) is 6. The number of hydrazine groups is 1. The van der Waals surface area contributed by atoms with Crippen molar-refractivity contribution in [3.8, 4) is 0 Å². The van der Waals surface area contributed by atoms with Gasteiger partial charge in [-0.3, -0.25) is 20.0 Å². The molecule has 0 aromatic carbocycles. The lowest BCUT2D eigenvalue weighted by molar-refractivity contribution is 0.300. The molecule has 0 unspecified atom stereocenters. The molecule has 3 heterocycles. The average molecular weight is 357 g/mol. The SMILES string of the molecule is CN1NC(c2nccs2)=CC=C1Cn1ccn(C2CCC2)c(=O)c1=O. The van der Waals surface area contributed by atoms with E-state index in [1.165, 1.54) is 4.57 Å². The van der Waals surface area contributed by atoms with Crippen LogP contribution in [0.2, 0.25) is 0 Å². The van der Waals surface area contributed by atoms with Gasteiger partial charge < -0.3 is 9.13 Å². The van der Waals surface area contributed by atoms with E-state index in [0.717, 1.165) is 35.7 Å². The van der Waals surface area contributed by atoms with Gasteiger partial charge in [-0.2, -0.15) is 0 Å². The second kappa shape index (κ2) is 6.36. The first kappa shape index (κ1) is 15.9. The van der Waals surface area contributed by atoms with E-state index in [1.807, 2.05) is 29.6 Å². The van der Waals surface area contributed by atoms with Crippen molar-refractivity contribution in [2.24, 2.45) is 0 Å². The third kappa shape index (κ3) is 2.93. The zero-order valence-corrected chi connectivity index (χ0v) is 14.7. The van der Waals surface area contributed by atoms with Gasteiger partial charge in [0.1, 0.15) is 5.01 Å². The van der Waals surface area contributed by atoms with Gasteiger partial charge in [-0.25, -0.2) is 4.98 Å². The fourth-order valence-electron chi connectivity index (χ4n) is 2.99. The van der Waals surface area contributed by atoms with Crippen molar-refractivity contribution in [3.05, 3.63) is 67.5 Å². The summed E-state index contributed by atoms with van der Waals surface area (Å²) in [5, 5.41) is 4.68. The molecule has 4 rings (SSSR count). The van der Waals surface area contributed by atoms with Gasteiger partial charge in [-0.05, 0) is 31.4 Å². The van der Waals surface area contributed by atoms with Gasteiger partial charge in [0.25, 0.3) is 0 Å². The molecule has 2 aromatic heterocycles. The van der Waals surface area contributed by atoms with E-state index < -0.39 is 11.1 Å². The Bertz CT molecular complexity index is 950. The normalized spacial score (nSPS) is 17.6. The first-order valence-electron chi connectivity index (χ1n) is 8.26. The molecule has 0 amide bonds. The van der Waals surface area contributed by atoms with Gasteiger partial charge in [-0.1, -0.05) is 0 Å². The smallest absolute Gasteiger partial charge is 0.306 e. The number of rotatable bonds is 4. The van der Waals surface area contributed by atoms with Crippen LogP contribution < -0.4 is 16.5 Å². The van der Waals surface area contributed by atoms with Gasteiger partial charge in [0.2, 0.25) is 0 Å². The second-order valence-electron chi connectivity index (χ2n) is 6.27. The largest absolute Gasteiger partial charge is 0.316 e. The topological polar surface area (TPSA) is 72.2 Å². The Hall–Kier alpha value is -2.61. The number of hydrogen-bond donors (Lipinski definition) is 1. The van der Waals surface area contributed by atoms with E-state index in [1.54, 1.807) is 34.5 Å². The number of aromatic nitrogens is 3. The predicted molar refractivity (Wildman–Crippen MR) is 96.9 cm³/mol. The van der Waals surface area contributed by atoms with Crippen LogP contribution in [0.4, 0.5) is 0 Å². The number of nitrogens with zero attached hydrogens (tertiary/aromatic N) is 4. The van der Waals surface area contributed by atoms with Crippen LogP contribution in [0.1, 0.15) is 30.3 Å². The van der Waals surface area contributed by atoms with Gasteiger partial charge in [0, 0.05) is 37.1 Å². The maximum atomic E-state index is 12.4. The lowest BCUT2D eigenvalue weighted by Crippen LogP contribution is -2.44. The van der Waals surface area contributed by atoms with Crippen molar-refractivity contribution >= 4 is 17.0 Å². The van der Waals surface area contributed by atoms with E-state index in [9.17, 15) is 9.59 Å². The average Bonchev–Trinajstić information content (AvgIpc) is 3.09. The van der Waals surface area contributed by atoms with Crippen LogP contribution in [0.25, 0.3) is 5.70 Å². The van der Waals surface area contributed by atoms with Crippen LogP contribution in [0.5, 0.6) is 0 Å². The second-order valence-corrected chi connectivity index (χ2v) is 7.17. The van der Waals surface area contributed by atoms with Crippen molar-refractivity contribution < 1.29 is 0 Å². The Kier molecular flexibility index (Phi) is 4.04. The zero-order valence-electron chi connectivity index (χ0n) is 13.9. The van der Waals surface area contributed by atoms with E-state index >= 15 is 0 Å². The molecule has 0 bridgehead atoms. The van der Waals surface area contributed by atoms with Crippen molar-refractivity contribution in [1.82, 2.24) is 24.6 Å². The van der Waals surface area contributed by atoms with E-state index in [4.69, 9.17) is 0 Å². The highest BCUT2D eigenvalue weighted by molar-refractivity contribution is 7.10. The molecule has 2 aromatic rings. The quantitative estimate of drug-likeness (QED) is 0.841. The number of nitrogens with one attached hydrogen (secondary N) is 1. The summed E-state index contributed by atoms with van der Waals surface area (Å²) >= 11 is 1.56. The first-order valence-corrected chi connectivity index (χ1v) is 9.14. The predicted octanol–water partition coefficient (Wildman–Crippen LogP) is 1.57. The summed E-state index contributed by atoms with van der Waals surface area (Å²) in [5.41, 5.74) is 4.14. The Morgan fingerprint density at radius 1 is 1.24 bits per heavy atom. The fourth-order valence-corrected chi connectivity index (χ4v) is 3.60. The van der Waals surface area contributed by atoms with Crippen LogP contribution in [0.3, 0.4) is 0 Å². The maximum Gasteiger partial charge on any atom is 0.316 e. The molecule has 1 saturated carbocycles. The molecule has 8 heteroatoms. The first-order chi connectivity index (χ1) is 12.1.